The van der Waals surface area contributed by atoms with Crippen molar-refractivity contribution < 1.29 is 4.74 Å². The first-order valence-corrected chi connectivity index (χ1v) is 4.90. The fraction of sp³-hybridized carbons (Fsp3) is 1.00. The van der Waals surface area contributed by atoms with Gasteiger partial charge in [-0.05, 0) is 24.8 Å². The number of nitrogens with one attached hydrogen (secondary N) is 1. The Morgan fingerprint density at radius 2 is 2.17 bits per heavy atom. The molecule has 12 heavy (non-hydrogen) atoms. The first-order valence-electron chi connectivity index (χ1n) is 4.90. The van der Waals surface area contributed by atoms with E-state index in [1.54, 1.807) is 0 Å². The van der Waals surface area contributed by atoms with E-state index < -0.39 is 0 Å². The molecule has 0 aromatic heterocycles. The van der Waals surface area contributed by atoms with Crippen molar-refractivity contribution >= 4 is 0 Å². The van der Waals surface area contributed by atoms with Crippen LogP contribution in [-0.2, 0) is 4.74 Å². The number of rotatable bonds is 3. The first kappa shape index (κ1) is 10.0. The third kappa shape index (κ3) is 4.07. The van der Waals surface area contributed by atoms with Gasteiger partial charge in [-0.25, -0.2) is 0 Å². The predicted octanol–water partition coefficient (Wildman–Crippen LogP) is 1.80. The summed E-state index contributed by atoms with van der Waals surface area (Å²) >= 11 is 0. The highest BCUT2D eigenvalue weighted by Crippen LogP contribution is 2.18. The monoisotopic (exact) mass is 171 g/mol. The van der Waals surface area contributed by atoms with E-state index in [4.69, 9.17) is 4.74 Å². The molecule has 1 saturated heterocycles. The SMILES string of the molecule is CC(C)(C)CCO[C@H]1CCNC1. The van der Waals surface area contributed by atoms with E-state index in [-0.39, 0.29) is 0 Å². The second-order valence-corrected chi connectivity index (χ2v) is 4.80. The van der Waals surface area contributed by atoms with Gasteiger partial charge in [-0.2, -0.15) is 0 Å². The van der Waals surface area contributed by atoms with Crippen LogP contribution in [0.25, 0.3) is 0 Å². The van der Waals surface area contributed by atoms with Gasteiger partial charge in [-0.3, -0.25) is 0 Å². The number of hydrogen-bond donors (Lipinski definition) is 1. The molecule has 2 nitrogen and oxygen atoms in total. The van der Waals surface area contributed by atoms with Gasteiger partial charge in [-0.1, -0.05) is 20.8 Å². The van der Waals surface area contributed by atoms with E-state index in [0.29, 0.717) is 11.5 Å². The highest BCUT2D eigenvalue weighted by atomic mass is 16.5. The van der Waals surface area contributed by atoms with E-state index in [9.17, 15) is 0 Å². The van der Waals surface area contributed by atoms with Crippen LogP contribution >= 0.6 is 0 Å². The Bertz CT molecular complexity index is 122. The van der Waals surface area contributed by atoms with E-state index in [1.807, 2.05) is 0 Å². The van der Waals surface area contributed by atoms with Gasteiger partial charge in [0, 0.05) is 13.2 Å². The maximum Gasteiger partial charge on any atom is 0.0711 e. The molecule has 0 radical (unpaired) electrons. The molecular weight excluding hydrogens is 150 g/mol. The number of hydrogen-bond acceptors (Lipinski definition) is 2. The zero-order valence-corrected chi connectivity index (χ0v) is 8.52. The molecule has 1 aliphatic rings. The van der Waals surface area contributed by atoms with Gasteiger partial charge in [0.1, 0.15) is 0 Å². The van der Waals surface area contributed by atoms with Crippen molar-refractivity contribution in [3.05, 3.63) is 0 Å². The Kier molecular flexibility index (Phi) is 3.53. The van der Waals surface area contributed by atoms with Crippen LogP contribution < -0.4 is 5.32 Å². The number of ether oxygens (including phenoxy) is 1. The summed E-state index contributed by atoms with van der Waals surface area (Å²) in [7, 11) is 0. The van der Waals surface area contributed by atoms with Gasteiger partial charge in [0.05, 0.1) is 6.10 Å². The molecule has 1 heterocycles. The van der Waals surface area contributed by atoms with Crippen molar-refractivity contribution in [3.8, 4) is 0 Å². The molecule has 72 valence electrons. The van der Waals surface area contributed by atoms with Crippen molar-refractivity contribution in [2.45, 2.75) is 39.7 Å². The maximum absolute atomic E-state index is 5.72. The highest BCUT2D eigenvalue weighted by Gasteiger charge is 2.16. The summed E-state index contributed by atoms with van der Waals surface area (Å²) in [5.74, 6) is 0. The van der Waals surface area contributed by atoms with Crippen molar-refractivity contribution in [3.63, 3.8) is 0 Å². The predicted molar refractivity (Wildman–Crippen MR) is 51.3 cm³/mol. The van der Waals surface area contributed by atoms with Crippen molar-refractivity contribution in [1.29, 1.82) is 0 Å². The lowest BCUT2D eigenvalue weighted by Crippen LogP contribution is -2.19. The molecule has 1 aliphatic heterocycles. The Hall–Kier alpha value is -0.0800. The van der Waals surface area contributed by atoms with Crippen molar-refractivity contribution in [2.24, 2.45) is 5.41 Å². The molecule has 0 amide bonds. The lowest BCUT2D eigenvalue weighted by molar-refractivity contribution is 0.0501. The lowest BCUT2D eigenvalue weighted by Gasteiger charge is -2.19. The van der Waals surface area contributed by atoms with Crippen LogP contribution in [-0.4, -0.2) is 25.8 Å². The van der Waals surface area contributed by atoms with Crippen LogP contribution in [0, 0.1) is 5.41 Å². The van der Waals surface area contributed by atoms with E-state index in [2.05, 4.69) is 26.1 Å². The minimum Gasteiger partial charge on any atom is -0.377 e. The first-order chi connectivity index (χ1) is 5.58. The van der Waals surface area contributed by atoms with Gasteiger partial charge < -0.3 is 10.1 Å². The fourth-order valence-corrected chi connectivity index (χ4v) is 1.30. The van der Waals surface area contributed by atoms with Crippen LogP contribution in [0.15, 0.2) is 0 Å². The minimum absolute atomic E-state index is 0.409. The normalized spacial score (nSPS) is 24.8. The zero-order valence-electron chi connectivity index (χ0n) is 8.52. The molecule has 1 fully saturated rings. The largest absolute Gasteiger partial charge is 0.377 e. The van der Waals surface area contributed by atoms with E-state index in [0.717, 1.165) is 26.1 Å². The van der Waals surface area contributed by atoms with Crippen LogP contribution in [0.1, 0.15) is 33.6 Å². The van der Waals surface area contributed by atoms with Crippen molar-refractivity contribution in [1.82, 2.24) is 5.32 Å². The lowest BCUT2D eigenvalue weighted by atomic mass is 9.93. The summed E-state index contributed by atoms with van der Waals surface area (Å²) in [6.07, 6.45) is 2.82. The summed E-state index contributed by atoms with van der Waals surface area (Å²) in [6.45, 7) is 9.84. The fourth-order valence-electron chi connectivity index (χ4n) is 1.30. The topological polar surface area (TPSA) is 21.3 Å². The molecule has 1 rings (SSSR count). The van der Waals surface area contributed by atoms with Crippen LogP contribution in [0.5, 0.6) is 0 Å². The van der Waals surface area contributed by atoms with Crippen molar-refractivity contribution in [2.75, 3.05) is 19.7 Å². The molecule has 0 saturated carbocycles. The molecule has 0 aromatic rings. The summed E-state index contributed by atoms with van der Waals surface area (Å²) in [4.78, 5) is 0. The molecule has 0 aliphatic carbocycles. The van der Waals surface area contributed by atoms with Gasteiger partial charge in [0.2, 0.25) is 0 Å². The molecule has 0 aromatic carbocycles. The molecule has 2 heteroatoms. The second kappa shape index (κ2) is 4.24. The van der Waals surface area contributed by atoms with Gasteiger partial charge >= 0.3 is 0 Å². The van der Waals surface area contributed by atoms with Crippen LogP contribution in [0.3, 0.4) is 0 Å². The Morgan fingerprint density at radius 3 is 2.67 bits per heavy atom. The van der Waals surface area contributed by atoms with Crippen LogP contribution in [0.4, 0.5) is 0 Å². The quantitative estimate of drug-likeness (QED) is 0.699. The molecule has 0 spiro atoms. The molecule has 1 N–H and O–H groups in total. The Morgan fingerprint density at radius 1 is 1.42 bits per heavy atom. The second-order valence-electron chi connectivity index (χ2n) is 4.80. The van der Waals surface area contributed by atoms with Gasteiger partial charge in [0.15, 0.2) is 0 Å². The van der Waals surface area contributed by atoms with Gasteiger partial charge in [-0.15, -0.1) is 0 Å². The summed E-state index contributed by atoms with van der Waals surface area (Å²) in [5, 5.41) is 3.29. The standard InChI is InChI=1S/C10H21NO/c1-10(2,3)5-7-12-9-4-6-11-8-9/h9,11H,4-8H2,1-3H3/t9-/m0/s1. The molecule has 0 unspecified atom stereocenters. The van der Waals surface area contributed by atoms with Gasteiger partial charge in [0.25, 0.3) is 0 Å². The summed E-state index contributed by atoms with van der Waals surface area (Å²) in [5.41, 5.74) is 0.409. The third-order valence-electron chi connectivity index (χ3n) is 2.22. The van der Waals surface area contributed by atoms with E-state index >= 15 is 0 Å². The summed E-state index contributed by atoms with van der Waals surface area (Å²) < 4.78 is 5.72. The highest BCUT2D eigenvalue weighted by molar-refractivity contribution is 4.71. The smallest absolute Gasteiger partial charge is 0.0711 e. The zero-order chi connectivity index (χ0) is 9.03. The Labute approximate surface area is 75.7 Å². The van der Waals surface area contributed by atoms with E-state index in [1.165, 1.54) is 6.42 Å². The molecule has 1 atom stereocenters. The molecular formula is C10H21NO. The maximum atomic E-state index is 5.72. The molecule has 0 bridgehead atoms. The van der Waals surface area contributed by atoms with Crippen LogP contribution in [0.2, 0.25) is 0 Å². The minimum atomic E-state index is 0.409. The third-order valence-corrected chi connectivity index (χ3v) is 2.22. The average Bonchev–Trinajstić information content (AvgIpc) is 2.36. The average molecular weight is 171 g/mol. The Balaban J connectivity index is 2.02. The summed E-state index contributed by atoms with van der Waals surface area (Å²) in [6, 6.07) is 0.